The van der Waals surface area contributed by atoms with Gasteiger partial charge in [-0.05, 0) is 68.8 Å². The van der Waals surface area contributed by atoms with Crippen molar-refractivity contribution in [1.82, 2.24) is 10.2 Å². The zero-order valence-electron chi connectivity index (χ0n) is 21.8. The van der Waals surface area contributed by atoms with Crippen LogP contribution in [0.4, 0.5) is 10.1 Å². The number of rotatable bonds is 11. The van der Waals surface area contributed by atoms with Gasteiger partial charge in [-0.25, -0.2) is 12.8 Å². The lowest BCUT2D eigenvalue weighted by Gasteiger charge is -2.32. The highest BCUT2D eigenvalue weighted by Gasteiger charge is 2.33. The Bertz CT molecular complexity index is 1420. The first-order valence-electron chi connectivity index (χ1n) is 12.3. The van der Waals surface area contributed by atoms with E-state index in [0.717, 1.165) is 4.31 Å². The Morgan fingerprint density at radius 3 is 2.23 bits per heavy atom. The van der Waals surface area contributed by atoms with E-state index in [1.807, 2.05) is 13.8 Å². The molecule has 3 rings (SSSR count). The number of nitrogens with one attached hydrogen (secondary N) is 1. The Morgan fingerprint density at radius 2 is 1.62 bits per heavy atom. The van der Waals surface area contributed by atoms with E-state index in [2.05, 4.69) is 5.32 Å². The van der Waals surface area contributed by atoms with Crippen LogP contribution in [0.25, 0.3) is 0 Å². The van der Waals surface area contributed by atoms with Crippen molar-refractivity contribution in [2.24, 2.45) is 0 Å². The lowest BCUT2D eigenvalue weighted by atomic mass is 10.1. The largest absolute Gasteiger partial charge is 0.352 e. The summed E-state index contributed by atoms with van der Waals surface area (Å²) in [6.45, 7) is 4.34. The predicted molar refractivity (Wildman–Crippen MR) is 152 cm³/mol. The summed E-state index contributed by atoms with van der Waals surface area (Å²) >= 11 is 12.1. The molecule has 2 atom stereocenters. The van der Waals surface area contributed by atoms with Crippen molar-refractivity contribution in [3.8, 4) is 0 Å². The minimum absolute atomic E-state index is 0.0945. The number of carbonyl (C=O) groups excluding carboxylic acids is 2. The van der Waals surface area contributed by atoms with Gasteiger partial charge in [-0.1, -0.05) is 54.4 Å². The molecule has 11 heteroatoms. The van der Waals surface area contributed by atoms with Crippen LogP contribution in [-0.2, 0) is 26.2 Å². The maximum absolute atomic E-state index is 14.6. The van der Waals surface area contributed by atoms with Gasteiger partial charge in [-0.15, -0.1) is 0 Å². The van der Waals surface area contributed by atoms with Gasteiger partial charge in [0.2, 0.25) is 11.8 Å². The first-order valence-corrected chi connectivity index (χ1v) is 14.5. The Morgan fingerprint density at radius 1 is 0.949 bits per heavy atom. The van der Waals surface area contributed by atoms with Gasteiger partial charge in [-0.3, -0.25) is 13.9 Å². The topological polar surface area (TPSA) is 86.8 Å². The van der Waals surface area contributed by atoms with Crippen molar-refractivity contribution in [2.45, 2.75) is 50.7 Å². The number of hydrogen-bond acceptors (Lipinski definition) is 4. The SMILES string of the molecule is CC[C@H](C)NC(=O)[C@@H](C)N(Cc1ccccc1F)C(=O)CN(c1cccc(Cl)c1)S(=O)(=O)c1ccc(Cl)cc1. The molecule has 7 nitrogen and oxygen atoms in total. The average Bonchev–Trinajstić information content (AvgIpc) is 2.90. The molecule has 39 heavy (non-hydrogen) atoms. The lowest BCUT2D eigenvalue weighted by molar-refractivity contribution is -0.139. The average molecular weight is 595 g/mol. The minimum Gasteiger partial charge on any atom is -0.352 e. The summed E-state index contributed by atoms with van der Waals surface area (Å²) in [6.07, 6.45) is 0.668. The molecule has 1 N–H and O–H groups in total. The molecule has 0 spiro atoms. The van der Waals surface area contributed by atoms with E-state index in [0.29, 0.717) is 11.4 Å². The van der Waals surface area contributed by atoms with Gasteiger partial charge < -0.3 is 10.2 Å². The molecule has 0 aliphatic carbocycles. The van der Waals surface area contributed by atoms with Gasteiger partial charge in [0.1, 0.15) is 18.4 Å². The third-order valence-corrected chi connectivity index (χ3v) is 8.52. The van der Waals surface area contributed by atoms with E-state index in [4.69, 9.17) is 23.2 Å². The quantitative estimate of drug-likeness (QED) is 0.311. The maximum Gasteiger partial charge on any atom is 0.264 e. The number of benzene rings is 3. The van der Waals surface area contributed by atoms with Gasteiger partial charge in [0, 0.05) is 28.2 Å². The highest BCUT2D eigenvalue weighted by molar-refractivity contribution is 7.92. The highest BCUT2D eigenvalue weighted by atomic mass is 35.5. The van der Waals surface area contributed by atoms with Crippen LogP contribution in [0.5, 0.6) is 0 Å². The fourth-order valence-electron chi connectivity index (χ4n) is 3.75. The number of anilines is 1. The summed E-state index contributed by atoms with van der Waals surface area (Å²) in [5, 5.41) is 3.44. The van der Waals surface area contributed by atoms with Gasteiger partial charge >= 0.3 is 0 Å². The Labute approximate surface area is 238 Å². The summed E-state index contributed by atoms with van der Waals surface area (Å²) in [5.74, 6) is -1.70. The van der Waals surface area contributed by atoms with Gasteiger partial charge in [0.15, 0.2) is 0 Å². The molecule has 0 heterocycles. The molecular weight excluding hydrogens is 564 g/mol. The summed E-state index contributed by atoms with van der Waals surface area (Å²) in [6, 6.07) is 16.3. The second-order valence-electron chi connectivity index (χ2n) is 9.05. The molecule has 208 valence electrons. The molecule has 0 aliphatic heterocycles. The molecule has 3 aromatic rings. The molecule has 0 fully saturated rings. The van der Waals surface area contributed by atoms with Crippen LogP contribution in [-0.4, -0.2) is 43.8 Å². The van der Waals surface area contributed by atoms with E-state index in [1.165, 1.54) is 66.4 Å². The molecule has 2 amide bonds. The molecule has 0 radical (unpaired) electrons. The molecule has 0 bridgehead atoms. The fraction of sp³-hybridized carbons (Fsp3) is 0.286. The molecule has 0 aliphatic rings. The summed E-state index contributed by atoms with van der Waals surface area (Å²) in [7, 11) is -4.27. The van der Waals surface area contributed by atoms with E-state index >= 15 is 0 Å². The third-order valence-electron chi connectivity index (χ3n) is 6.24. The van der Waals surface area contributed by atoms with Crippen LogP contribution in [0.1, 0.15) is 32.8 Å². The Balaban J connectivity index is 2.04. The monoisotopic (exact) mass is 593 g/mol. The molecule has 0 aromatic heterocycles. The van der Waals surface area contributed by atoms with Gasteiger partial charge in [0.05, 0.1) is 10.6 Å². The summed E-state index contributed by atoms with van der Waals surface area (Å²) in [5.41, 5.74) is 0.331. The molecule has 0 saturated heterocycles. The number of hydrogen-bond donors (Lipinski definition) is 1. The normalized spacial score (nSPS) is 12.9. The van der Waals surface area contributed by atoms with E-state index in [1.54, 1.807) is 18.2 Å². The molecule has 0 unspecified atom stereocenters. The van der Waals surface area contributed by atoms with E-state index in [9.17, 15) is 22.4 Å². The van der Waals surface area contributed by atoms with Crippen LogP contribution in [0.2, 0.25) is 10.0 Å². The van der Waals surface area contributed by atoms with Crippen molar-refractivity contribution < 1.29 is 22.4 Å². The van der Waals surface area contributed by atoms with E-state index in [-0.39, 0.29) is 33.8 Å². The van der Waals surface area contributed by atoms with Crippen molar-refractivity contribution in [3.63, 3.8) is 0 Å². The standard InChI is InChI=1S/C28H30Cl2FN3O4S/c1-4-19(2)32-28(36)20(3)33(17-21-8-5-6-11-26(21)31)27(35)18-34(24-10-7-9-23(30)16-24)39(37,38)25-14-12-22(29)13-15-25/h5-16,19-20H,4,17-18H2,1-3H3,(H,32,36)/t19-,20+/m0/s1. The second-order valence-corrected chi connectivity index (χ2v) is 11.8. The summed E-state index contributed by atoms with van der Waals surface area (Å²) < 4.78 is 43.0. The van der Waals surface area contributed by atoms with Crippen LogP contribution in [0.15, 0.2) is 77.7 Å². The first-order chi connectivity index (χ1) is 18.4. The van der Waals surface area contributed by atoms with Gasteiger partial charge in [0.25, 0.3) is 10.0 Å². The molecular formula is C28H30Cl2FN3O4S. The predicted octanol–water partition coefficient (Wildman–Crippen LogP) is 5.66. The second kappa shape index (κ2) is 13.3. The Hall–Kier alpha value is -3.14. The smallest absolute Gasteiger partial charge is 0.264 e. The number of halogens is 3. The molecule has 3 aromatic carbocycles. The summed E-state index contributed by atoms with van der Waals surface area (Å²) in [4.78, 5) is 27.9. The van der Waals surface area contributed by atoms with Gasteiger partial charge in [-0.2, -0.15) is 0 Å². The zero-order chi connectivity index (χ0) is 28.7. The number of amides is 2. The van der Waals surface area contributed by atoms with Crippen molar-refractivity contribution in [1.29, 1.82) is 0 Å². The lowest BCUT2D eigenvalue weighted by Crippen LogP contribution is -2.52. The van der Waals surface area contributed by atoms with Crippen molar-refractivity contribution >= 4 is 50.7 Å². The van der Waals surface area contributed by atoms with E-state index < -0.39 is 40.2 Å². The van der Waals surface area contributed by atoms with Crippen LogP contribution in [0.3, 0.4) is 0 Å². The Kier molecular flexibility index (Phi) is 10.4. The highest BCUT2D eigenvalue weighted by Crippen LogP contribution is 2.27. The van der Waals surface area contributed by atoms with Crippen LogP contribution >= 0.6 is 23.2 Å². The zero-order valence-corrected chi connectivity index (χ0v) is 24.1. The molecule has 0 saturated carbocycles. The van der Waals surface area contributed by atoms with Crippen LogP contribution in [0, 0.1) is 5.82 Å². The number of nitrogens with zero attached hydrogens (tertiary/aromatic N) is 2. The third kappa shape index (κ3) is 7.71. The number of carbonyl (C=O) groups is 2. The van der Waals surface area contributed by atoms with Crippen LogP contribution < -0.4 is 9.62 Å². The van der Waals surface area contributed by atoms with Crippen molar-refractivity contribution in [2.75, 3.05) is 10.8 Å². The maximum atomic E-state index is 14.6. The number of sulfonamides is 1. The first kappa shape index (κ1) is 30.4. The minimum atomic E-state index is -4.27. The van der Waals surface area contributed by atoms with Crippen molar-refractivity contribution in [3.05, 3.63) is 94.2 Å². The fourth-order valence-corrected chi connectivity index (χ4v) is 5.47.